The zero-order valence-corrected chi connectivity index (χ0v) is 18.5. The van der Waals surface area contributed by atoms with Gasteiger partial charge < -0.3 is 5.32 Å². The number of benzene rings is 4. The molecule has 0 aliphatic rings. The number of anilines is 1. The number of amides is 3. The molecule has 34 heavy (non-hydrogen) atoms. The Morgan fingerprint density at radius 1 is 0.706 bits per heavy atom. The van der Waals surface area contributed by atoms with Gasteiger partial charge in [-0.25, -0.2) is 0 Å². The van der Waals surface area contributed by atoms with Gasteiger partial charge in [0.25, 0.3) is 17.7 Å². The average Bonchev–Trinajstić information content (AvgIpc) is 2.86. The number of aryl methyl sites for hydroxylation is 1. The van der Waals surface area contributed by atoms with E-state index in [2.05, 4.69) is 16.2 Å². The van der Waals surface area contributed by atoms with Crippen LogP contribution in [-0.4, -0.2) is 17.7 Å². The molecule has 0 atom stereocenters. The summed E-state index contributed by atoms with van der Waals surface area (Å²) in [4.78, 5) is 36.9. The van der Waals surface area contributed by atoms with Crippen molar-refractivity contribution in [3.05, 3.63) is 119 Å². The van der Waals surface area contributed by atoms with E-state index in [0.29, 0.717) is 16.8 Å². The van der Waals surface area contributed by atoms with E-state index >= 15 is 0 Å². The summed E-state index contributed by atoms with van der Waals surface area (Å²) in [7, 11) is 0. The Kier molecular flexibility index (Phi) is 6.79. The maximum Gasteiger partial charge on any atom is 0.269 e. The number of carbonyl (C=O) groups is 3. The normalized spacial score (nSPS) is 10.7. The highest BCUT2D eigenvalue weighted by Crippen LogP contribution is 2.19. The molecular formula is C28H23N3O3. The first-order chi connectivity index (χ1) is 16.5. The van der Waals surface area contributed by atoms with Crippen LogP contribution in [0.25, 0.3) is 16.8 Å². The molecule has 4 aromatic carbocycles. The van der Waals surface area contributed by atoms with Crippen LogP contribution in [0.4, 0.5) is 5.69 Å². The molecule has 4 aromatic rings. The SMILES string of the molecule is Cc1ccccc1C(=O)Nc1ccc(C(=O)NNC(=O)C=Cc2cccc3ccccc23)cc1. The molecule has 0 aliphatic carbocycles. The third-order valence-corrected chi connectivity index (χ3v) is 5.33. The highest BCUT2D eigenvalue weighted by atomic mass is 16.2. The average molecular weight is 450 g/mol. The molecule has 0 unspecified atom stereocenters. The zero-order valence-electron chi connectivity index (χ0n) is 18.5. The van der Waals surface area contributed by atoms with Crippen LogP contribution in [0, 0.1) is 6.92 Å². The van der Waals surface area contributed by atoms with Crippen LogP contribution in [0.3, 0.4) is 0 Å². The molecule has 0 aliphatic heterocycles. The first kappa shape index (κ1) is 22.5. The molecule has 0 bridgehead atoms. The largest absolute Gasteiger partial charge is 0.322 e. The van der Waals surface area contributed by atoms with Gasteiger partial charge in [0.1, 0.15) is 0 Å². The minimum atomic E-state index is -0.469. The Morgan fingerprint density at radius 3 is 2.21 bits per heavy atom. The van der Waals surface area contributed by atoms with Crippen molar-refractivity contribution in [1.29, 1.82) is 0 Å². The maximum absolute atomic E-state index is 12.4. The molecule has 0 aromatic heterocycles. The van der Waals surface area contributed by atoms with Gasteiger partial charge in [-0.15, -0.1) is 0 Å². The van der Waals surface area contributed by atoms with Crippen LogP contribution < -0.4 is 16.2 Å². The van der Waals surface area contributed by atoms with E-state index in [9.17, 15) is 14.4 Å². The molecule has 3 amide bonds. The van der Waals surface area contributed by atoms with E-state index in [1.807, 2.05) is 61.5 Å². The van der Waals surface area contributed by atoms with Gasteiger partial charge >= 0.3 is 0 Å². The Hall–Kier alpha value is -4.71. The lowest BCUT2D eigenvalue weighted by Gasteiger charge is -2.09. The molecule has 0 saturated heterocycles. The van der Waals surface area contributed by atoms with Crippen molar-refractivity contribution >= 4 is 40.3 Å². The summed E-state index contributed by atoms with van der Waals surface area (Å²) in [6.07, 6.45) is 3.07. The molecule has 3 N–H and O–H groups in total. The Balaban J connectivity index is 1.32. The fourth-order valence-electron chi connectivity index (χ4n) is 3.52. The molecule has 0 saturated carbocycles. The fourth-order valence-corrected chi connectivity index (χ4v) is 3.52. The van der Waals surface area contributed by atoms with Crippen molar-refractivity contribution < 1.29 is 14.4 Å². The summed E-state index contributed by atoms with van der Waals surface area (Å²) >= 11 is 0. The first-order valence-electron chi connectivity index (χ1n) is 10.7. The molecule has 4 rings (SSSR count). The van der Waals surface area contributed by atoms with Crippen molar-refractivity contribution in [1.82, 2.24) is 10.9 Å². The molecule has 0 heterocycles. The number of hydrazine groups is 1. The fraction of sp³-hybridized carbons (Fsp3) is 0.0357. The van der Waals surface area contributed by atoms with Gasteiger partial charge in [-0.3, -0.25) is 25.2 Å². The van der Waals surface area contributed by atoms with Gasteiger partial charge in [-0.1, -0.05) is 60.7 Å². The lowest BCUT2D eigenvalue weighted by atomic mass is 10.0. The van der Waals surface area contributed by atoms with Crippen molar-refractivity contribution in [3.8, 4) is 0 Å². The molecule has 168 valence electrons. The second-order valence-corrected chi connectivity index (χ2v) is 7.69. The van der Waals surface area contributed by atoms with E-state index in [1.54, 1.807) is 42.5 Å². The third-order valence-electron chi connectivity index (χ3n) is 5.33. The molecule has 0 radical (unpaired) electrons. The van der Waals surface area contributed by atoms with E-state index in [4.69, 9.17) is 0 Å². The molecule has 0 spiro atoms. The second-order valence-electron chi connectivity index (χ2n) is 7.69. The first-order valence-corrected chi connectivity index (χ1v) is 10.7. The van der Waals surface area contributed by atoms with Gasteiger partial charge in [0.05, 0.1) is 0 Å². The Labute approximate surface area is 197 Å². The third kappa shape index (κ3) is 5.37. The van der Waals surface area contributed by atoms with Gasteiger partial charge in [0, 0.05) is 22.9 Å². The van der Waals surface area contributed by atoms with Gasteiger partial charge in [0.2, 0.25) is 0 Å². The predicted molar refractivity (Wildman–Crippen MR) is 134 cm³/mol. The zero-order chi connectivity index (χ0) is 23.9. The standard InChI is InChI=1S/C28H23N3O3/c1-19-7-2-4-11-24(19)28(34)29-23-16-13-22(14-17-23)27(33)31-30-26(32)18-15-21-10-6-9-20-8-3-5-12-25(20)21/h2-18H,1H3,(H,29,34)(H,30,32)(H,31,33). The highest BCUT2D eigenvalue weighted by molar-refractivity contribution is 6.05. The van der Waals surface area contributed by atoms with E-state index in [-0.39, 0.29) is 5.91 Å². The lowest BCUT2D eigenvalue weighted by Crippen LogP contribution is -2.40. The quantitative estimate of drug-likeness (QED) is 0.300. The van der Waals surface area contributed by atoms with Gasteiger partial charge in [-0.05, 0) is 65.2 Å². The smallest absolute Gasteiger partial charge is 0.269 e. The summed E-state index contributed by atoms with van der Waals surface area (Å²) in [5, 5.41) is 4.93. The predicted octanol–water partition coefficient (Wildman–Crippen LogP) is 4.87. The van der Waals surface area contributed by atoms with Crippen LogP contribution >= 0.6 is 0 Å². The summed E-state index contributed by atoms with van der Waals surface area (Å²) < 4.78 is 0. The molecule has 6 nitrogen and oxygen atoms in total. The number of hydrogen-bond acceptors (Lipinski definition) is 3. The second kappa shape index (κ2) is 10.3. The molecular weight excluding hydrogens is 426 g/mol. The summed E-state index contributed by atoms with van der Waals surface area (Å²) in [5.41, 5.74) is 8.04. The van der Waals surface area contributed by atoms with Crippen LogP contribution in [0.15, 0.2) is 97.1 Å². The monoisotopic (exact) mass is 449 g/mol. The number of fused-ring (bicyclic) bond motifs is 1. The number of hydrogen-bond donors (Lipinski definition) is 3. The van der Waals surface area contributed by atoms with Gasteiger partial charge in [-0.2, -0.15) is 0 Å². The molecule has 6 heteroatoms. The Morgan fingerprint density at radius 2 is 1.41 bits per heavy atom. The molecule has 0 fully saturated rings. The minimum absolute atomic E-state index is 0.222. The van der Waals surface area contributed by atoms with Crippen LogP contribution in [-0.2, 0) is 4.79 Å². The summed E-state index contributed by atoms with van der Waals surface area (Å²) in [6.45, 7) is 1.87. The lowest BCUT2D eigenvalue weighted by molar-refractivity contribution is -0.117. The van der Waals surface area contributed by atoms with Crippen molar-refractivity contribution in [2.75, 3.05) is 5.32 Å². The van der Waals surface area contributed by atoms with E-state index in [0.717, 1.165) is 21.9 Å². The van der Waals surface area contributed by atoms with Crippen molar-refractivity contribution in [3.63, 3.8) is 0 Å². The summed E-state index contributed by atoms with van der Waals surface area (Å²) in [6, 6.07) is 27.5. The topological polar surface area (TPSA) is 87.3 Å². The van der Waals surface area contributed by atoms with E-state index < -0.39 is 11.8 Å². The number of rotatable bonds is 5. The van der Waals surface area contributed by atoms with E-state index in [1.165, 1.54) is 6.08 Å². The van der Waals surface area contributed by atoms with Crippen LogP contribution in [0.2, 0.25) is 0 Å². The van der Waals surface area contributed by atoms with Crippen LogP contribution in [0.1, 0.15) is 31.8 Å². The van der Waals surface area contributed by atoms with Gasteiger partial charge in [0.15, 0.2) is 0 Å². The van der Waals surface area contributed by atoms with Crippen LogP contribution in [0.5, 0.6) is 0 Å². The minimum Gasteiger partial charge on any atom is -0.322 e. The number of carbonyl (C=O) groups excluding carboxylic acids is 3. The maximum atomic E-state index is 12.4. The Bertz CT molecular complexity index is 1390. The highest BCUT2D eigenvalue weighted by Gasteiger charge is 2.10. The van der Waals surface area contributed by atoms with Crippen molar-refractivity contribution in [2.24, 2.45) is 0 Å². The van der Waals surface area contributed by atoms with Crippen molar-refractivity contribution in [2.45, 2.75) is 6.92 Å². The number of nitrogens with one attached hydrogen (secondary N) is 3. The summed E-state index contributed by atoms with van der Waals surface area (Å²) in [5.74, 6) is -1.15.